The Labute approximate surface area is 199 Å². The first-order valence-corrected chi connectivity index (χ1v) is 11.7. The number of hydrogen-bond donors (Lipinski definition) is 1. The summed E-state index contributed by atoms with van der Waals surface area (Å²) in [6.07, 6.45) is 5.30. The van der Waals surface area contributed by atoms with E-state index in [-0.39, 0.29) is 23.7 Å². The number of hydrogen-bond acceptors (Lipinski definition) is 6. The molecule has 0 saturated carbocycles. The second-order valence-electron chi connectivity index (χ2n) is 9.44. The maximum Gasteiger partial charge on any atom is 0.410 e. The minimum Gasteiger partial charge on any atom is -0.444 e. The lowest BCUT2D eigenvalue weighted by molar-refractivity contribution is 0.0263. The van der Waals surface area contributed by atoms with Crippen LogP contribution in [0.4, 0.5) is 10.6 Å². The fourth-order valence-corrected chi connectivity index (χ4v) is 4.53. The van der Waals surface area contributed by atoms with Gasteiger partial charge in [0.2, 0.25) is 0 Å². The first kappa shape index (κ1) is 23.3. The molecule has 2 amide bonds. The lowest BCUT2D eigenvalue weighted by Gasteiger charge is -2.26. The van der Waals surface area contributed by atoms with Gasteiger partial charge < -0.3 is 19.9 Å². The van der Waals surface area contributed by atoms with Crippen LogP contribution in [0.25, 0.3) is 0 Å². The fraction of sp³-hybridized carbons (Fsp3) is 0.500. The number of fused-ring (bicyclic) bond motifs is 1. The molecule has 8 nitrogen and oxygen atoms in total. The number of ether oxygens (including phenoxy) is 1. The molecular weight excluding hydrogens is 442 g/mol. The van der Waals surface area contributed by atoms with Gasteiger partial charge in [-0.25, -0.2) is 14.8 Å². The quantitative estimate of drug-likeness (QED) is 0.728. The predicted molar refractivity (Wildman–Crippen MR) is 127 cm³/mol. The van der Waals surface area contributed by atoms with Crippen molar-refractivity contribution in [2.24, 2.45) is 0 Å². The van der Waals surface area contributed by atoms with Gasteiger partial charge in [-0.3, -0.25) is 4.79 Å². The molecule has 9 heteroatoms. The molecule has 1 saturated heterocycles. The van der Waals surface area contributed by atoms with Gasteiger partial charge in [0.15, 0.2) is 0 Å². The summed E-state index contributed by atoms with van der Waals surface area (Å²) >= 11 is 6.28. The Bertz CT molecular complexity index is 1020. The second kappa shape index (κ2) is 9.55. The van der Waals surface area contributed by atoms with Crippen molar-refractivity contribution in [3.63, 3.8) is 0 Å². The van der Waals surface area contributed by atoms with Gasteiger partial charge in [0.05, 0.1) is 18.4 Å². The van der Waals surface area contributed by atoms with Gasteiger partial charge in [-0.15, -0.1) is 0 Å². The van der Waals surface area contributed by atoms with Gasteiger partial charge in [0, 0.05) is 31.2 Å². The third-order valence-corrected chi connectivity index (χ3v) is 6.22. The molecule has 0 bridgehead atoms. The third-order valence-electron chi connectivity index (χ3n) is 5.86. The van der Waals surface area contributed by atoms with Crippen molar-refractivity contribution in [2.75, 3.05) is 31.1 Å². The molecule has 0 radical (unpaired) electrons. The van der Waals surface area contributed by atoms with E-state index in [1.54, 1.807) is 11.1 Å². The number of benzene rings is 1. The summed E-state index contributed by atoms with van der Waals surface area (Å²) in [5.41, 5.74) is 1.93. The SMILES string of the molecule is CC(C)(C)OC(=O)N1CCCN(c2cnc(C(=O)NC3CCc4c(Cl)cccc43)cn2)CC1. The van der Waals surface area contributed by atoms with Crippen LogP contribution in [0.2, 0.25) is 5.02 Å². The van der Waals surface area contributed by atoms with E-state index < -0.39 is 5.60 Å². The number of nitrogens with zero attached hydrogens (tertiary/aromatic N) is 4. The summed E-state index contributed by atoms with van der Waals surface area (Å²) in [5, 5.41) is 3.80. The van der Waals surface area contributed by atoms with Gasteiger partial charge in [-0.05, 0) is 57.2 Å². The van der Waals surface area contributed by atoms with Crippen LogP contribution in [-0.4, -0.2) is 58.6 Å². The van der Waals surface area contributed by atoms with Gasteiger partial charge in [-0.2, -0.15) is 0 Å². The topological polar surface area (TPSA) is 87.7 Å². The van der Waals surface area contributed by atoms with Crippen LogP contribution in [0.15, 0.2) is 30.6 Å². The molecule has 1 unspecified atom stereocenters. The van der Waals surface area contributed by atoms with E-state index in [1.807, 2.05) is 39.0 Å². The van der Waals surface area contributed by atoms with E-state index in [4.69, 9.17) is 16.3 Å². The smallest absolute Gasteiger partial charge is 0.410 e. The van der Waals surface area contributed by atoms with Crippen LogP contribution in [0, 0.1) is 0 Å². The number of carbonyl (C=O) groups is 2. The zero-order valence-corrected chi connectivity index (χ0v) is 20.1. The van der Waals surface area contributed by atoms with Crippen molar-refractivity contribution in [1.29, 1.82) is 0 Å². The van der Waals surface area contributed by atoms with Crippen molar-refractivity contribution in [3.05, 3.63) is 52.4 Å². The van der Waals surface area contributed by atoms with Crippen LogP contribution in [0.3, 0.4) is 0 Å². The van der Waals surface area contributed by atoms with E-state index in [9.17, 15) is 9.59 Å². The van der Waals surface area contributed by atoms with E-state index in [2.05, 4.69) is 20.2 Å². The van der Waals surface area contributed by atoms with Gasteiger partial charge in [-0.1, -0.05) is 23.7 Å². The molecular formula is C24H30ClN5O3. The molecule has 2 heterocycles. The van der Waals surface area contributed by atoms with Crippen LogP contribution in [0.5, 0.6) is 0 Å². The van der Waals surface area contributed by atoms with Crippen LogP contribution < -0.4 is 10.2 Å². The van der Waals surface area contributed by atoms with E-state index in [0.29, 0.717) is 25.5 Å². The lowest BCUT2D eigenvalue weighted by Crippen LogP contribution is -2.39. The molecule has 1 fully saturated rings. The van der Waals surface area contributed by atoms with Gasteiger partial charge in [0.25, 0.3) is 5.91 Å². The molecule has 1 atom stereocenters. The Morgan fingerprint density at radius 3 is 2.67 bits per heavy atom. The molecule has 33 heavy (non-hydrogen) atoms. The lowest BCUT2D eigenvalue weighted by atomic mass is 10.1. The van der Waals surface area contributed by atoms with Crippen LogP contribution in [-0.2, 0) is 11.2 Å². The van der Waals surface area contributed by atoms with Crippen molar-refractivity contribution >= 4 is 29.4 Å². The number of halogens is 1. The molecule has 1 aliphatic heterocycles. The second-order valence-corrected chi connectivity index (χ2v) is 9.85. The molecule has 1 N–H and O–H groups in total. The third kappa shape index (κ3) is 5.55. The number of aromatic nitrogens is 2. The van der Waals surface area contributed by atoms with Crippen molar-refractivity contribution in [1.82, 2.24) is 20.2 Å². The van der Waals surface area contributed by atoms with Gasteiger partial charge in [0.1, 0.15) is 17.1 Å². The van der Waals surface area contributed by atoms with Crippen molar-refractivity contribution in [3.8, 4) is 0 Å². The Balaban J connectivity index is 1.35. The van der Waals surface area contributed by atoms with Crippen molar-refractivity contribution in [2.45, 2.75) is 51.7 Å². The van der Waals surface area contributed by atoms with E-state index in [1.165, 1.54) is 6.20 Å². The largest absolute Gasteiger partial charge is 0.444 e. The standard InChI is InChI=1S/C24H30ClN5O3/c1-24(2,3)33-23(32)30-11-5-10-29(12-13-30)21-15-26-20(14-27-21)22(31)28-19-9-8-16-17(19)6-4-7-18(16)25/h4,6-7,14-15,19H,5,8-13H2,1-3H3,(H,28,31). The highest BCUT2D eigenvalue weighted by Crippen LogP contribution is 2.35. The zero-order valence-electron chi connectivity index (χ0n) is 19.3. The molecule has 1 aliphatic carbocycles. The zero-order chi connectivity index (χ0) is 23.6. The maximum absolute atomic E-state index is 12.8. The Kier molecular flexibility index (Phi) is 6.74. The van der Waals surface area contributed by atoms with E-state index in [0.717, 1.165) is 42.0 Å². The number of carbonyl (C=O) groups excluding carboxylic acids is 2. The normalized spacial score (nSPS) is 18.5. The number of nitrogens with one attached hydrogen (secondary N) is 1. The highest BCUT2D eigenvalue weighted by molar-refractivity contribution is 6.31. The molecule has 176 valence electrons. The Hall–Kier alpha value is -2.87. The first-order chi connectivity index (χ1) is 15.7. The molecule has 2 aromatic rings. The van der Waals surface area contributed by atoms with Crippen molar-refractivity contribution < 1.29 is 14.3 Å². The molecule has 1 aromatic heterocycles. The monoisotopic (exact) mass is 471 g/mol. The molecule has 1 aromatic carbocycles. The number of amides is 2. The summed E-state index contributed by atoms with van der Waals surface area (Å²) < 4.78 is 5.49. The Morgan fingerprint density at radius 2 is 1.94 bits per heavy atom. The minimum absolute atomic E-state index is 0.0721. The summed E-state index contributed by atoms with van der Waals surface area (Å²) in [6, 6.07) is 5.72. The molecule has 2 aliphatic rings. The average Bonchev–Trinajstić information content (AvgIpc) is 3.01. The highest BCUT2D eigenvalue weighted by atomic mass is 35.5. The summed E-state index contributed by atoms with van der Waals surface area (Å²) in [6.45, 7) is 8.14. The highest BCUT2D eigenvalue weighted by Gasteiger charge is 2.27. The van der Waals surface area contributed by atoms with Crippen LogP contribution in [0.1, 0.15) is 61.3 Å². The maximum atomic E-state index is 12.8. The van der Waals surface area contributed by atoms with Crippen LogP contribution >= 0.6 is 11.6 Å². The van der Waals surface area contributed by atoms with E-state index >= 15 is 0 Å². The molecule has 0 spiro atoms. The van der Waals surface area contributed by atoms with Gasteiger partial charge >= 0.3 is 6.09 Å². The summed E-state index contributed by atoms with van der Waals surface area (Å²) in [4.78, 5) is 37.8. The average molecular weight is 472 g/mol. The Morgan fingerprint density at radius 1 is 1.12 bits per heavy atom. The predicted octanol–water partition coefficient (Wildman–Crippen LogP) is 3.99. The molecule has 4 rings (SSSR count). The summed E-state index contributed by atoms with van der Waals surface area (Å²) in [5.74, 6) is 0.439. The minimum atomic E-state index is -0.516. The fourth-order valence-electron chi connectivity index (χ4n) is 4.25. The summed E-state index contributed by atoms with van der Waals surface area (Å²) in [7, 11) is 0. The number of rotatable bonds is 3. The number of anilines is 1. The first-order valence-electron chi connectivity index (χ1n) is 11.3.